The zero-order chi connectivity index (χ0) is 13.8. The minimum absolute atomic E-state index is 0.0169. The molecule has 0 aliphatic heterocycles. The van der Waals surface area contributed by atoms with Gasteiger partial charge in [0.1, 0.15) is 0 Å². The summed E-state index contributed by atoms with van der Waals surface area (Å²) in [5, 5.41) is 0. The molecule has 100 valence electrons. The number of nitrogens with zero attached hydrogens (tertiary/aromatic N) is 2. The molecule has 0 saturated heterocycles. The second kappa shape index (κ2) is 6.23. The SMILES string of the molecule is Cc1cnc(C(Cc2cncc(Br)c2)NN)c(C)c1. The number of nitrogens with two attached hydrogens (primary N) is 1. The fraction of sp³-hybridized carbons (Fsp3) is 0.286. The van der Waals surface area contributed by atoms with E-state index in [4.69, 9.17) is 5.84 Å². The molecule has 2 heterocycles. The Balaban J connectivity index is 2.25. The van der Waals surface area contributed by atoms with Crippen LogP contribution in [0.5, 0.6) is 0 Å². The topological polar surface area (TPSA) is 63.8 Å². The van der Waals surface area contributed by atoms with Crippen molar-refractivity contribution >= 4 is 15.9 Å². The molecule has 1 unspecified atom stereocenters. The first-order valence-electron chi connectivity index (χ1n) is 6.09. The molecule has 0 saturated carbocycles. The van der Waals surface area contributed by atoms with Crippen LogP contribution >= 0.6 is 15.9 Å². The molecule has 2 aromatic heterocycles. The number of nitrogens with one attached hydrogen (secondary N) is 1. The van der Waals surface area contributed by atoms with E-state index in [-0.39, 0.29) is 6.04 Å². The lowest BCUT2D eigenvalue weighted by Gasteiger charge is -2.17. The van der Waals surface area contributed by atoms with Gasteiger partial charge in [0.05, 0.1) is 11.7 Å². The van der Waals surface area contributed by atoms with Gasteiger partial charge in [-0.1, -0.05) is 6.07 Å². The second-order valence-corrected chi connectivity index (χ2v) is 5.57. The summed E-state index contributed by atoms with van der Waals surface area (Å²) in [7, 11) is 0. The van der Waals surface area contributed by atoms with Crippen molar-refractivity contribution in [1.29, 1.82) is 0 Å². The third kappa shape index (κ3) is 3.59. The van der Waals surface area contributed by atoms with Crippen LogP contribution in [0.3, 0.4) is 0 Å². The molecule has 0 aromatic carbocycles. The Morgan fingerprint density at radius 2 is 2.05 bits per heavy atom. The monoisotopic (exact) mass is 320 g/mol. The zero-order valence-corrected chi connectivity index (χ0v) is 12.6. The normalized spacial score (nSPS) is 12.4. The number of aryl methyl sites for hydroxylation is 2. The molecule has 0 aliphatic rings. The Morgan fingerprint density at radius 1 is 1.26 bits per heavy atom. The maximum Gasteiger partial charge on any atom is 0.0675 e. The van der Waals surface area contributed by atoms with E-state index < -0.39 is 0 Å². The van der Waals surface area contributed by atoms with Gasteiger partial charge in [0.2, 0.25) is 0 Å². The van der Waals surface area contributed by atoms with Crippen LogP contribution in [0.4, 0.5) is 0 Å². The molecule has 3 N–H and O–H groups in total. The second-order valence-electron chi connectivity index (χ2n) is 4.65. The number of hydrazine groups is 1. The van der Waals surface area contributed by atoms with Crippen LogP contribution in [0.1, 0.15) is 28.4 Å². The predicted octanol–water partition coefficient (Wildman–Crippen LogP) is 2.60. The van der Waals surface area contributed by atoms with Crippen LogP contribution < -0.4 is 11.3 Å². The Hall–Kier alpha value is -1.30. The van der Waals surface area contributed by atoms with Gasteiger partial charge >= 0.3 is 0 Å². The Labute approximate surface area is 121 Å². The van der Waals surface area contributed by atoms with Crippen LogP contribution in [0.25, 0.3) is 0 Å². The van der Waals surface area contributed by atoms with E-state index in [0.29, 0.717) is 0 Å². The maximum absolute atomic E-state index is 5.68. The van der Waals surface area contributed by atoms with Gasteiger partial charge < -0.3 is 0 Å². The quantitative estimate of drug-likeness (QED) is 0.671. The van der Waals surface area contributed by atoms with Crippen molar-refractivity contribution in [2.24, 2.45) is 5.84 Å². The molecule has 2 rings (SSSR count). The average Bonchev–Trinajstić information content (AvgIpc) is 2.37. The van der Waals surface area contributed by atoms with E-state index >= 15 is 0 Å². The van der Waals surface area contributed by atoms with Gasteiger partial charge in [0.25, 0.3) is 0 Å². The molecule has 0 bridgehead atoms. The van der Waals surface area contributed by atoms with Gasteiger partial charge in [-0.2, -0.15) is 0 Å². The molecular weight excluding hydrogens is 304 g/mol. The van der Waals surface area contributed by atoms with Crippen molar-refractivity contribution in [3.63, 3.8) is 0 Å². The Kier molecular flexibility index (Phi) is 4.63. The van der Waals surface area contributed by atoms with E-state index in [1.54, 1.807) is 6.20 Å². The molecule has 0 aliphatic carbocycles. The number of hydrogen-bond donors (Lipinski definition) is 2. The summed E-state index contributed by atoms with van der Waals surface area (Å²) in [6.45, 7) is 4.09. The molecule has 5 heteroatoms. The Bertz CT molecular complexity index is 571. The highest BCUT2D eigenvalue weighted by Gasteiger charge is 2.15. The Morgan fingerprint density at radius 3 is 2.68 bits per heavy atom. The number of halogens is 1. The van der Waals surface area contributed by atoms with Crippen LogP contribution in [-0.4, -0.2) is 9.97 Å². The molecule has 0 spiro atoms. The molecule has 19 heavy (non-hydrogen) atoms. The molecule has 2 aromatic rings. The van der Waals surface area contributed by atoms with E-state index in [0.717, 1.165) is 33.3 Å². The summed E-state index contributed by atoms with van der Waals surface area (Å²) in [6, 6.07) is 4.14. The van der Waals surface area contributed by atoms with Crippen molar-refractivity contribution in [1.82, 2.24) is 15.4 Å². The number of aromatic nitrogens is 2. The van der Waals surface area contributed by atoms with Crippen LogP contribution in [0.2, 0.25) is 0 Å². The lowest BCUT2D eigenvalue weighted by Crippen LogP contribution is -2.31. The third-order valence-electron chi connectivity index (χ3n) is 2.99. The average molecular weight is 321 g/mol. The molecule has 1 atom stereocenters. The van der Waals surface area contributed by atoms with Crippen LogP contribution in [-0.2, 0) is 6.42 Å². The first-order chi connectivity index (χ1) is 9.10. The lowest BCUT2D eigenvalue weighted by molar-refractivity contribution is 0.534. The summed E-state index contributed by atoms with van der Waals surface area (Å²) in [4.78, 5) is 8.66. The summed E-state index contributed by atoms with van der Waals surface area (Å²) in [6.07, 6.45) is 6.23. The highest BCUT2D eigenvalue weighted by Crippen LogP contribution is 2.21. The van der Waals surface area contributed by atoms with Crippen molar-refractivity contribution in [2.45, 2.75) is 26.3 Å². The highest BCUT2D eigenvalue weighted by molar-refractivity contribution is 9.10. The molecule has 0 amide bonds. The van der Waals surface area contributed by atoms with Crippen molar-refractivity contribution in [3.05, 3.63) is 57.6 Å². The minimum Gasteiger partial charge on any atom is -0.271 e. The van der Waals surface area contributed by atoms with Gasteiger partial charge in [-0.25, -0.2) is 0 Å². The summed E-state index contributed by atoms with van der Waals surface area (Å²) < 4.78 is 0.967. The lowest BCUT2D eigenvalue weighted by atomic mass is 10.0. The van der Waals surface area contributed by atoms with Crippen molar-refractivity contribution in [3.8, 4) is 0 Å². The summed E-state index contributed by atoms with van der Waals surface area (Å²) in [5.41, 5.74) is 7.23. The molecule has 0 fully saturated rings. The first-order valence-corrected chi connectivity index (χ1v) is 6.88. The van der Waals surface area contributed by atoms with E-state index in [9.17, 15) is 0 Å². The summed E-state index contributed by atoms with van der Waals surface area (Å²) in [5.74, 6) is 5.68. The number of pyridine rings is 2. The van der Waals surface area contributed by atoms with Crippen LogP contribution in [0.15, 0.2) is 35.2 Å². The largest absolute Gasteiger partial charge is 0.271 e. The molecular formula is C14H17BrN4. The molecule has 0 radical (unpaired) electrons. The maximum atomic E-state index is 5.68. The zero-order valence-electron chi connectivity index (χ0n) is 11.0. The highest BCUT2D eigenvalue weighted by atomic mass is 79.9. The summed E-state index contributed by atoms with van der Waals surface area (Å²) >= 11 is 3.42. The fourth-order valence-corrected chi connectivity index (χ4v) is 2.54. The standard InChI is InChI=1S/C14H17BrN4/c1-9-3-10(2)14(18-6-9)13(19-16)5-11-4-12(15)8-17-7-11/h3-4,6-8,13,19H,5,16H2,1-2H3. The molecule has 4 nitrogen and oxygen atoms in total. The number of hydrogen-bond acceptors (Lipinski definition) is 4. The van der Waals surface area contributed by atoms with Gasteiger partial charge in [-0.05, 0) is 59.0 Å². The van der Waals surface area contributed by atoms with Gasteiger partial charge in [-0.15, -0.1) is 0 Å². The van der Waals surface area contributed by atoms with E-state index in [2.05, 4.69) is 44.3 Å². The predicted molar refractivity (Wildman–Crippen MR) is 79.4 cm³/mol. The third-order valence-corrected chi connectivity index (χ3v) is 3.42. The van der Waals surface area contributed by atoms with Gasteiger partial charge in [-0.3, -0.25) is 21.2 Å². The van der Waals surface area contributed by atoms with Gasteiger partial charge in [0, 0.05) is 23.1 Å². The number of rotatable bonds is 4. The fourth-order valence-electron chi connectivity index (χ4n) is 2.13. The minimum atomic E-state index is -0.0169. The van der Waals surface area contributed by atoms with E-state index in [1.165, 1.54) is 0 Å². The smallest absolute Gasteiger partial charge is 0.0675 e. The first kappa shape index (κ1) is 14.1. The van der Waals surface area contributed by atoms with Crippen molar-refractivity contribution < 1.29 is 0 Å². The van der Waals surface area contributed by atoms with Gasteiger partial charge in [0.15, 0.2) is 0 Å². The van der Waals surface area contributed by atoms with E-state index in [1.807, 2.05) is 25.4 Å². The van der Waals surface area contributed by atoms with Crippen molar-refractivity contribution in [2.75, 3.05) is 0 Å². The van der Waals surface area contributed by atoms with Crippen LogP contribution in [0, 0.1) is 13.8 Å².